The maximum absolute atomic E-state index is 12.5. The van der Waals surface area contributed by atoms with Crippen LogP contribution in [0.15, 0.2) is 48.5 Å². The van der Waals surface area contributed by atoms with E-state index >= 15 is 0 Å². The molecule has 0 unspecified atom stereocenters. The summed E-state index contributed by atoms with van der Waals surface area (Å²) in [4.78, 5) is 25.8. The van der Waals surface area contributed by atoms with Gasteiger partial charge in [0.15, 0.2) is 0 Å². The molecule has 112 valence electrons. The van der Waals surface area contributed by atoms with Crippen LogP contribution in [0.4, 0.5) is 11.4 Å². The molecule has 0 bridgehead atoms. The van der Waals surface area contributed by atoms with Crippen molar-refractivity contribution in [2.45, 2.75) is 19.4 Å². The quantitative estimate of drug-likeness (QED) is 0.883. The first kappa shape index (κ1) is 14.6. The summed E-state index contributed by atoms with van der Waals surface area (Å²) in [5, 5.41) is 3.69. The number of rotatable bonds is 3. The standard InChI is InChI=1S/C17H15ClN2O2/c1-11-2-6-13(7-3-11)19-15-10-16(21)20(17(15)22)14-8-4-12(18)5-9-14/h2-9,15,19H,10H2,1H3/t15-/m0/s1. The predicted octanol–water partition coefficient (Wildman–Crippen LogP) is 3.39. The van der Waals surface area contributed by atoms with Gasteiger partial charge in [0.25, 0.3) is 5.91 Å². The Bertz CT molecular complexity index is 710. The highest BCUT2D eigenvalue weighted by Crippen LogP contribution is 2.26. The minimum atomic E-state index is -0.536. The number of nitrogens with zero attached hydrogens (tertiary/aromatic N) is 1. The first-order chi connectivity index (χ1) is 10.5. The molecule has 0 aromatic heterocycles. The van der Waals surface area contributed by atoms with Crippen LogP contribution < -0.4 is 10.2 Å². The first-order valence-corrected chi connectivity index (χ1v) is 7.38. The second-order valence-electron chi connectivity index (χ2n) is 5.31. The SMILES string of the molecule is Cc1ccc(N[C@H]2CC(=O)N(c3ccc(Cl)cc3)C2=O)cc1. The first-order valence-electron chi connectivity index (χ1n) is 7.00. The van der Waals surface area contributed by atoms with Crippen LogP contribution in [-0.4, -0.2) is 17.9 Å². The molecule has 2 aromatic carbocycles. The highest BCUT2D eigenvalue weighted by Gasteiger charge is 2.39. The van der Waals surface area contributed by atoms with Crippen molar-refractivity contribution in [3.63, 3.8) is 0 Å². The zero-order valence-corrected chi connectivity index (χ0v) is 12.8. The lowest BCUT2D eigenvalue weighted by Crippen LogP contribution is -2.34. The van der Waals surface area contributed by atoms with Crippen molar-refractivity contribution < 1.29 is 9.59 Å². The molecule has 1 heterocycles. The van der Waals surface area contributed by atoms with Crippen LogP contribution in [0.1, 0.15) is 12.0 Å². The van der Waals surface area contributed by atoms with Gasteiger partial charge < -0.3 is 5.32 Å². The third kappa shape index (κ3) is 2.83. The molecular formula is C17H15ClN2O2. The number of hydrogen-bond acceptors (Lipinski definition) is 3. The minimum absolute atomic E-state index is 0.148. The van der Waals surface area contributed by atoms with Crippen molar-refractivity contribution >= 4 is 34.8 Å². The molecule has 1 aliphatic heterocycles. The fourth-order valence-electron chi connectivity index (χ4n) is 2.46. The highest BCUT2D eigenvalue weighted by molar-refractivity contribution is 6.30. The lowest BCUT2D eigenvalue weighted by molar-refractivity contribution is -0.121. The molecule has 0 aliphatic carbocycles. The molecule has 2 amide bonds. The smallest absolute Gasteiger partial charge is 0.256 e. The number of aryl methyl sites for hydroxylation is 1. The van der Waals surface area contributed by atoms with Crippen molar-refractivity contribution in [2.24, 2.45) is 0 Å². The molecular weight excluding hydrogens is 300 g/mol. The van der Waals surface area contributed by atoms with Crippen LogP contribution in [0, 0.1) is 6.92 Å². The van der Waals surface area contributed by atoms with Gasteiger partial charge in [-0.05, 0) is 43.3 Å². The van der Waals surface area contributed by atoms with Gasteiger partial charge in [-0.1, -0.05) is 29.3 Å². The molecule has 5 heteroatoms. The maximum Gasteiger partial charge on any atom is 0.256 e. The molecule has 0 saturated carbocycles. The molecule has 4 nitrogen and oxygen atoms in total. The van der Waals surface area contributed by atoms with Crippen LogP contribution in [0.3, 0.4) is 0 Å². The average Bonchev–Trinajstić information content (AvgIpc) is 2.77. The number of hydrogen-bond donors (Lipinski definition) is 1. The van der Waals surface area contributed by atoms with Gasteiger partial charge >= 0.3 is 0 Å². The van der Waals surface area contributed by atoms with E-state index in [0.717, 1.165) is 11.3 Å². The van der Waals surface area contributed by atoms with Gasteiger partial charge in [0, 0.05) is 10.7 Å². The third-order valence-corrected chi connectivity index (χ3v) is 3.88. The predicted molar refractivity (Wildman–Crippen MR) is 87.2 cm³/mol. The summed E-state index contributed by atoms with van der Waals surface area (Å²) in [7, 11) is 0. The van der Waals surface area contributed by atoms with Crippen LogP contribution >= 0.6 is 11.6 Å². The Morgan fingerprint density at radius 2 is 1.68 bits per heavy atom. The Morgan fingerprint density at radius 3 is 2.32 bits per heavy atom. The number of amides is 2. The molecule has 22 heavy (non-hydrogen) atoms. The van der Waals surface area contributed by atoms with E-state index in [0.29, 0.717) is 10.7 Å². The fourth-order valence-corrected chi connectivity index (χ4v) is 2.58. The van der Waals surface area contributed by atoms with Crippen molar-refractivity contribution in [1.82, 2.24) is 0 Å². The lowest BCUT2D eigenvalue weighted by atomic mass is 10.2. The number of benzene rings is 2. The molecule has 1 atom stereocenters. The zero-order chi connectivity index (χ0) is 15.7. The summed E-state index contributed by atoms with van der Waals surface area (Å²) in [5.74, 6) is -0.454. The number of anilines is 2. The van der Waals surface area contributed by atoms with Crippen LogP contribution in [0.25, 0.3) is 0 Å². The van der Waals surface area contributed by atoms with E-state index in [2.05, 4.69) is 5.32 Å². The summed E-state index contributed by atoms with van der Waals surface area (Å²) in [6.45, 7) is 2.00. The summed E-state index contributed by atoms with van der Waals surface area (Å²) in [6, 6.07) is 13.9. The van der Waals surface area contributed by atoms with E-state index in [1.165, 1.54) is 4.90 Å². The molecule has 0 radical (unpaired) electrons. The van der Waals surface area contributed by atoms with E-state index in [9.17, 15) is 9.59 Å². The summed E-state index contributed by atoms with van der Waals surface area (Å²) >= 11 is 5.84. The lowest BCUT2D eigenvalue weighted by Gasteiger charge is -2.16. The van der Waals surface area contributed by atoms with Gasteiger partial charge in [0.05, 0.1) is 12.1 Å². The van der Waals surface area contributed by atoms with Crippen molar-refractivity contribution in [1.29, 1.82) is 0 Å². The second kappa shape index (κ2) is 5.81. The van der Waals surface area contributed by atoms with Crippen LogP contribution in [0.5, 0.6) is 0 Å². The van der Waals surface area contributed by atoms with Gasteiger partial charge in [0.2, 0.25) is 5.91 Å². The topological polar surface area (TPSA) is 49.4 Å². The zero-order valence-electron chi connectivity index (χ0n) is 12.0. The molecule has 3 rings (SSSR count). The highest BCUT2D eigenvalue weighted by atomic mass is 35.5. The summed E-state index contributed by atoms with van der Waals surface area (Å²) in [6.07, 6.45) is 0.148. The van der Waals surface area contributed by atoms with Crippen LogP contribution in [0.2, 0.25) is 5.02 Å². The largest absolute Gasteiger partial charge is 0.373 e. The van der Waals surface area contributed by atoms with Crippen LogP contribution in [-0.2, 0) is 9.59 Å². The summed E-state index contributed by atoms with van der Waals surface area (Å²) < 4.78 is 0. The number of carbonyl (C=O) groups excluding carboxylic acids is 2. The molecule has 2 aromatic rings. The summed E-state index contributed by atoms with van der Waals surface area (Å²) in [5.41, 5.74) is 2.52. The van der Waals surface area contributed by atoms with Gasteiger partial charge in [0.1, 0.15) is 6.04 Å². The fraction of sp³-hybridized carbons (Fsp3) is 0.176. The average molecular weight is 315 g/mol. The van der Waals surface area contributed by atoms with Crippen molar-refractivity contribution in [3.8, 4) is 0 Å². The molecule has 1 aliphatic rings. The second-order valence-corrected chi connectivity index (χ2v) is 5.75. The van der Waals surface area contributed by atoms with Gasteiger partial charge in [-0.3, -0.25) is 9.59 Å². The molecule has 1 N–H and O–H groups in total. The molecule has 1 saturated heterocycles. The van der Waals surface area contributed by atoms with Gasteiger partial charge in [-0.2, -0.15) is 0 Å². The Labute approximate surface area is 133 Å². The normalized spacial score (nSPS) is 17.9. The van der Waals surface area contributed by atoms with Crippen molar-refractivity contribution in [2.75, 3.05) is 10.2 Å². The third-order valence-electron chi connectivity index (χ3n) is 3.62. The minimum Gasteiger partial charge on any atom is -0.373 e. The van der Waals surface area contributed by atoms with Crippen molar-refractivity contribution in [3.05, 3.63) is 59.1 Å². The van der Waals surface area contributed by atoms with E-state index in [1.807, 2.05) is 31.2 Å². The van der Waals surface area contributed by atoms with E-state index in [4.69, 9.17) is 11.6 Å². The van der Waals surface area contributed by atoms with E-state index in [1.54, 1.807) is 24.3 Å². The Balaban J connectivity index is 1.79. The molecule has 1 fully saturated rings. The Morgan fingerprint density at radius 1 is 1.05 bits per heavy atom. The number of nitrogens with one attached hydrogen (secondary N) is 1. The van der Waals surface area contributed by atoms with E-state index in [-0.39, 0.29) is 18.2 Å². The van der Waals surface area contributed by atoms with E-state index < -0.39 is 6.04 Å². The number of imide groups is 1. The Kier molecular flexibility index (Phi) is 3.86. The Hall–Kier alpha value is -2.33. The van der Waals surface area contributed by atoms with Gasteiger partial charge in [-0.25, -0.2) is 4.90 Å². The number of carbonyl (C=O) groups is 2. The number of halogens is 1. The molecule has 0 spiro atoms. The van der Waals surface area contributed by atoms with Gasteiger partial charge in [-0.15, -0.1) is 0 Å². The maximum atomic E-state index is 12.5. The monoisotopic (exact) mass is 314 g/mol.